The first-order valence-corrected chi connectivity index (χ1v) is 19.2. The van der Waals surface area contributed by atoms with Crippen LogP contribution in [-0.4, -0.2) is 73.3 Å². The van der Waals surface area contributed by atoms with E-state index in [1.165, 1.54) is 35.6 Å². The van der Waals surface area contributed by atoms with Gasteiger partial charge in [0.1, 0.15) is 0 Å². The molecule has 0 aliphatic carbocycles. The maximum Gasteiger partial charge on any atom is 0.240 e. The molecule has 56 heavy (non-hydrogen) atoms. The number of hydrogen-bond donors (Lipinski definition) is 3. The van der Waals surface area contributed by atoms with Crippen molar-refractivity contribution in [2.75, 3.05) is 53.9 Å². The zero-order valence-electron chi connectivity index (χ0n) is 32.3. The van der Waals surface area contributed by atoms with Gasteiger partial charge in [0.2, 0.25) is 23.6 Å². The van der Waals surface area contributed by atoms with Crippen molar-refractivity contribution in [2.45, 2.75) is 61.4 Å². The third kappa shape index (κ3) is 8.40. The third-order valence-electron chi connectivity index (χ3n) is 9.93. The second kappa shape index (κ2) is 15.9. The van der Waals surface area contributed by atoms with Gasteiger partial charge in [-0.2, -0.15) is 10.2 Å². The summed E-state index contributed by atoms with van der Waals surface area (Å²) in [6.07, 6.45) is 1.08. The molecular weight excluding hydrogens is 727 g/mol. The van der Waals surface area contributed by atoms with E-state index in [9.17, 15) is 19.2 Å². The molecule has 4 amide bonds. The van der Waals surface area contributed by atoms with Crippen LogP contribution in [0.3, 0.4) is 0 Å². The zero-order chi connectivity index (χ0) is 39.7. The number of hydrazone groups is 2. The van der Waals surface area contributed by atoms with Crippen molar-refractivity contribution in [3.05, 3.63) is 96.1 Å². The van der Waals surface area contributed by atoms with E-state index in [-0.39, 0.29) is 48.6 Å². The summed E-state index contributed by atoms with van der Waals surface area (Å²) in [5.41, 5.74) is 8.40. The van der Waals surface area contributed by atoms with Crippen molar-refractivity contribution in [1.82, 2.24) is 10.0 Å². The molecule has 2 atom stereocenters. The van der Waals surface area contributed by atoms with Gasteiger partial charge in [-0.05, 0) is 71.8 Å². The third-order valence-corrected chi connectivity index (χ3v) is 11.0. The molecule has 3 N–H and O–H groups in total. The molecule has 0 fully saturated rings. The standard InChI is InChI=1S/C42H45N9O4S/c1-25(52)50-37(27-7-13-33(14-8-27)48(3)4)19-31(46-50)23-41(54)43-29-11-17-35-39(21-29)56-40-22-30(12-18-36(40)45-35)44-42(55)24-32-20-38(51(47-32)26(2)53)28-9-15-34(16-10-28)49(5)6/h7-18,21-22,37-38,45H,19-20,23-24H2,1-6H3,(H,43,54)(H,44,55). The summed E-state index contributed by atoms with van der Waals surface area (Å²) in [5.74, 6) is -0.794. The predicted molar refractivity (Wildman–Crippen MR) is 223 cm³/mol. The van der Waals surface area contributed by atoms with Crippen LogP contribution >= 0.6 is 11.8 Å². The molecule has 288 valence electrons. The quantitative estimate of drug-likeness (QED) is 0.134. The van der Waals surface area contributed by atoms with Crippen molar-refractivity contribution in [2.24, 2.45) is 10.2 Å². The Balaban J connectivity index is 0.956. The van der Waals surface area contributed by atoms with Crippen LogP contribution in [0.25, 0.3) is 0 Å². The number of fused-ring (bicyclic) bond motifs is 2. The molecule has 0 spiro atoms. The first-order chi connectivity index (χ1) is 26.8. The highest BCUT2D eigenvalue weighted by Gasteiger charge is 2.33. The molecule has 4 aromatic rings. The first-order valence-electron chi connectivity index (χ1n) is 18.4. The molecule has 0 aromatic heterocycles. The Labute approximate surface area is 330 Å². The van der Waals surface area contributed by atoms with Crippen LogP contribution in [0.2, 0.25) is 0 Å². The van der Waals surface area contributed by atoms with Gasteiger partial charge in [0, 0.05) is 87.4 Å². The fourth-order valence-electron chi connectivity index (χ4n) is 7.07. The summed E-state index contributed by atoms with van der Waals surface area (Å²) < 4.78 is 0. The second-order valence-electron chi connectivity index (χ2n) is 14.6. The summed E-state index contributed by atoms with van der Waals surface area (Å²) in [5, 5.41) is 21.4. The molecule has 0 bridgehead atoms. The molecule has 0 saturated heterocycles. The maximum atomic E-state index is 13.2. The molecule has 13 nitrogen and oxygen atoms in total. The summed E-state index contributed by atoms with van der Waals surface area (Å²) in [6, 6.07) is 26.9. The van der Waals surface area contributed by atoms with Gasteiger partial charge in [-0.1, -0.05) is 36.0 Å². The van der Waals surface area contributed by atoms with E-state index < -0.39 is 0 Å². The fraction of sp³-hybridized carbons (Fsp3) is 0.286. The molecule has 7 rings (SSSR count). The Morgan fingerprint density at radius 2 is 1.04 bits per heavy atom. The summed E-state index contributed by atoms with van der Waals surface area (Å²) in [7, 11) is 7.90. The number of nitrogens with one attached hydrogen (secondary N) is 3. The fourth-order valence-corrected chi connectivity index (χ4v) is 8.13. The smallest absolute Gasteiger partial charge is 0.240 e. The van der Waals surface area contributed by atoms with Gasteiger partial charge in [-0.25, -0.2) is 10.0 Å². The first kappa shape index (κ1) is 38.1. The maximum absolute atomic E-state index is 13.2. The number of nitrogens with zero attached hydrogens (tertiary/aromatic N) is 6. The molecular formula is C42H45N9O4S. The lowest BCUT2D eigenvalue weighted by Gasteiger charge is -2.22. The largest absolute Gasteiger partial charge is 0.378 e. The van der Waals surface area contributed by atoms with E-state index in [1.54, 1.807) is 0 Å². The Kier molecular flexibility index (Phi) is 10.8. The topological polar surface area (TPSA) is 142 Å². The molecule has 2 unspecified atom stereocenters. The van der Waals surface area contributed by atoms with E-state index in [1.807, 2.05) is 123 Å². The average Bonchev–Trinajstić information content (AvgIpc) is 3.79. The van der Waals surface area contributed by atoms with E-state index in [4.69, 9.17) is 0 Å². The number of anilines is 6. The van der Waals surface area contributed by atoms with Crippen LogP contribution in [0, 0.1) is 0 Å². The van der Waals surface area contributed by atoms with Crippen LogP contribution < -0.4 is 25.8 Å². The molecule has 3 heterocycles. The van der Waals surface area contributed by atoms with Crippen LogP contribution in [-0.2, 0) is 19.2 Å². The van der Waals surface area contributed by atoms with E-state index in [2.05, 4.69) is 26.2 Å². The van der Waals surface area contributed by atoms with Gasteiger partial charge in [0.05, 0.1) is 47.7 Å². The number of amides is 4. The van der Waals surface area contributed by atoms with Crippen molar-refractivity contribution in [3.63, 3.8) is 0 Å². The Morgan fingerprint density at radius 3 is 1.39 bits per heavy atom. The average molecular weight is 772 g/mol. The zero-order valence-corrected chi connectivity index (χ0v) is 33.1. The number of rotatable bonds is 10. The number of carbonyl (C=O) groups excluding carboxylic acids is 4. The van der Waals surface area contributed by atoms with E-state index >= 15 is 0 Å². The lowest BCUT2D eigenvalue weighted by atomic mass is 10.00. The Bertz CT molecular complexity index is 2100. The van der Waals surface area contributed by atoms with Gasteiger partial charge < -0.3 is 25.8 Å². The predicted octanol–water partition coefficient (Wildman–Crippen LogP) is 7.38. The Morgan fingerprint density at radius 1 is 0.643 bits per heavy atom. The van der Waals surface area contributed by atoms with Crippen molar-refractivity contribution >= 4 is 80.9 Å². The van der Waals surface area contributed by atoms with Crippen LogP contribution in [0.4, 0.5) is 34.1 Å². The minimum Gasteiger partial charge on any atom is -0.378 e. The molecule has 0 radical (unpaired) electrons. The summed E-state index contributed by atoms with van der Waals surface area (Å²) in [4.78, 5) is 57.2. The normalized spacial score (nSPS) is 16.9. The lowest BCUT2D eigenvalue weighted by Crippen LogP contribution is -2.24. The minimum absolute atomic E-state index is 0.0637. The highest BCUT2D eigenvalue weighted by molar-refractivity contribution is 7.99. The van der Waals surface area contributed by atoms with Crippen molar-refractivity contribution in [1.29, 1.82) is 0 Å². The van der Waals surface area contributed by atoms with Crippen molar-refractivity contribution < 1.29 is 19.2 Å². The second-order valence-corrected chi connectivity index (χ2v) is 15.7. The summed E-state index contributed by atoms with van der Waals surface area (Å²) >= 11 is 1.53. The van der Waals surface area contributed by atoms with Crippen LogP contribution in [0.1, 0.15) is 62.7 Å². The molecule has 3 aliphatic rings. The van der Waals surface area contributed by atoms with Crippen molar-refractivity contribution in [3.8, 4) is 0 Å². The minimum atomic E-state index is -0.259. The summed E-state index contributed by atoms with van der Waals surface area (Å²) in [6.45, 7) is 2.97. The highest BCUT2D eigenvalue weighted by atomic mass is 32.2. The molecule has 3 aliphatic heterocycles. The van der Waals surface area contributed by atoms with Gasteiger partial charge in [0.15, 0.2) is 0 Å². The number of hydrogen-bond acceptors (Lipinski definition) is 10. The van der Waals surface area contributed by atoms with Crippen LogP contribution in [0.15, 0.2) is 105 Å². The van der Waals surface area contributed by atoms with Gasteiger partial charge in [-0.15, -0.1) is 0 Å². The monoisotopic (exact) mass is 771 g/mol. The lowest BCUT2D eigenvalue weighted by molar-refractivity contribution is -0.131. The van der Waals surface area contributed by atoms with E-state index in [0.29, 0.717) is 35.6 Å². The molecule has 14 heteroatoms. The Hall–Kier alpha value is -6.15. The van der Waals surface area contributed by atoms with Gasteiger partial charge in [0.25, 0.3) is 0 Å². The van der Waals surface area contributed by atoms with Crippen LogP contribution in [0.5, 0.6) is 0 Å². The van der Waals surface area contributed by atoms with E-state index in [0.717, 1.165) is 43.7 Å². The number of carbonyl (C=O) groups is 4. The number of benzene rings is 4. The SMILES string of the molecule is CC(=O)N1N=C(CC(=O)Nc2ccc3c(c2)Sc2cc(NC(=O)CC4=NN(C(C)=O)C(c5ccc(N(C)C)cc5)C4)ccc2N3)CC1c1ccc(N(C)C)cc1. The molecule has 0 saturated carbocycles. The molecule has 4 aromatic carbocycles. The van der Waals surface area contributed by atoms with Gasteiger partial charge in [-0.3, -0.25) is 19.2 Å². The highest BCUT2D eigenvalue weighted by Crippen LogP contribution is 2.46. The van der Waals surface area contributed by atoms with Gasteiger partial charge >= 0.3 is 0 Å².